The van der Waals surface area contributed by atoms with Gasteiger partial charge in [-0.1, -0.05) is 48.5 Å². The summed E-state index contributed by atoms with van der Waals surface area (Å²) in [5, 5.41) is 0. The van der Waals surface area contributed by atoms with Crippen molar-refractivity contribution in [3.05, 3.63) is 95.1 Å². The topological polar surface area (TPSA) is 206 Å². The average Bonchev–Trinajstić information content (AvgIpc) is 3.22. The number of benzene rings is 3. The normalized spacial score (nSPS) is 18.5. The molecule has 6 rings (SSSR count). The molecular formula is C70H102N4O15. The SMILES string of the molecule is CC(C)(C)OC(=O)[C@@H](Cc1cccc(CN(CCOc2cccc(C[C@H](C(=O)OC(C)(C)C)[C@H]3CCN(C(=O)OC(C)(C)C)C3)c2)C(=O)Oc2cccc(C[C@H](C(=O)OC(C)(C)C)[C@H]3CCN(C(=O)OC(C)(C)C)C3)c2)c1)[C@H]1CCN(C(=O)OC(C)(C)C)C1. The summed E-state index contributed by atoms with van der Waals surface area (Å²) in [4.78, 5) is 103. The van der Waals surface area contributed by atoms with E-state index >= 15 is 0 Å². The highest BCUT2D eigenvalue weighted by atomic mass is 16.6. The largest absolute Gasteiger partial charge is 0.492 e. The summed E-state index contributed by atoms with van der Waals surface area (Å²) in [7, 11) is 0. The summed E-state index contributed by atoms with van der Waals surface area (Å²) in [6, 6.07) is 22.2. The molecule has 19 heteroatoms. The smallest absolute Gasteiger partial charge is 0.415 e. The lowest BCUT2D eigenvalue weighted by atomic mass is 9.85. The van der Waals surface area contributed by atoms with E-state index in [-0.39, 0.29) is 67.5 Å². The fourth-order valence-corrected chi connectivity index (χ4v) is 11.3. The van der Waals surface area contributed by atoms with Crippen molar-refractivity contribution >= 4 is 42.3 Å². The van der Waals surface area contributed by atoms with Crippen LogP contribution in [0.5, 0.6) is 11.5 Å². The Bertz CT molecular complexity index is 2940. The van der Waals surface area contributed by atoms with Gasteiger partial charge in [0.05, 0.1) is 24.3 Å². The van der Waals surface area contributed by atoms with Crippen LogP contribution in [-0.2, 0) is 68.6 Å². The molecule has 89 heavy (non-hydrogen) atoms. The lowest BCUT2D eigenvalue weighted by Gasteiger charge is -2.28. The van der Waals surface area contributed by atoms with Gasteiger partial charge in [-0.2, -0.15) is 0 Å². The van der Waals surface area contributed by atoms with Crippen LogP contribution < -0.4 is 9.47 Å². The number of amides is 4. The fourth-order valence-electron chi connectivity index (χ4n) is 11.3. The minimum atomic E-state index is -0.763. The predicted molar refractivity (Wildman–Crippen MR) is 338 cm³/mol. The van der Waals surface area contributed by atoms with Gasteiger partial charge in [-0.05, 0) is 227 Å². The van der Waals surface area contributed by atoms with E-state index in [1.54, 1.807) is 37.8 Å². The van der Waals surface area contributed by atoms with Gasteiger partial charge in [0.2, 0.25) is 0 Å². The van der Waals surface area contributed by atoms with Gasteiger partial charge in [0.25, 0.3) is 0 Å². The molecule has 0 aromatic heterocycles. The van der Waals surface area contributed by atoms with Crippen molar-refractivity contribution in [1.82, 2.24) is 19.6 Å². The molecule has 3 saturated heterocycles. The second-order valence-electron chi connectivity index (χ2n) is 30.2. The molecule has 0 aliphatic carbocycles. The third kappa shape index (κ3) is 23.7. The van der Waals surface area contributed by atoms with Gasteiger partial charge in [-0.15, -0.1) is 0 Å². The first-order valence-electron chi connectivity index (χ1n) is 31.6. The van der Waals surface area contributed by atoms with E-state index in [2.05, 4.69) is 0 Å². The van der Waals surface area contributed by atoms with Crippen molar-refractivity contribution in [2.45, 2.75) is 203 Å². The molecular weight excluding hydrogens is 1140 g/mol. The molecule has 3 aromatic rings. The van der Waals surface area contributed by atoms with Crippen LogP contribution in [0.25, 0.3) is 0 Å². The first-order valence-corrected chi connectivity index (χ1v) is 31.6. The number of carbonyl (C=O) groups is 7. The van der Waals surface area contributed by atoms with Crippen LogP contribution >= 0.6 is 0 Å². The molecule has 3 aliphatic heterocycles. The maximum absolute atomic E-state index is 14.7. The van der Waals surface area contributed by atoms with Crippen molar-refractivity contribution in [1.29, 1.82) is 0 Å². The molecule has 3 fully saturated rings. The number of ether oxygens (including phenoxy) is 8. The fraction of sp³-hybridized carbons (Fsp3) is 0.643. The van der Waals surface area contributed by atoms with Gasteiger partial charge >= 0.3 is 42.3 Å². The van der Waals surface area contributed by atoms with E-state index in [1.807, 2.05) is 179 Å². The number of carbonyl (C=O) groups excluding carboxylic acids is 7. The standard InChI is InChI=1S/C70H102N4O15/c1-65(2,3)84-58(75)55(50-28-31-71(43-50)62(79)87-68(10,11)12)39-46-22-19-25-49(36-46)42-74(34-35-82-53-26-20-23-47(37-53)40-56(59(76)85-66(4,5)6)51-29-32-72(44-51)63(80)88-69(13,14)15)61(78)83-54-27-21-24-48(38-54)41-57(60(77)86-67(7,8)9)52-30-33-73(45-52)64(81)89-70(16,17)18/h19-27,36-38,50-52,55-57H,28-35,39-45H2,1-18H3/t50-,51-,52-,55-,56-,57-/m0/s1. The zero-order valence-electron chi connectivity index (χ0n) is 56.4. The van der Waals surface area contributed by atoms with Crippen LogP contribution in [-0.4, -0.2) is 148 Å². The maximum Gasteiger partial charge on any atom is 0.415 e. The van der Waals surface area contributed by atoms with Gasteiger partial charge in [-0.3, -0.25) is 14.4 Å². The number of hydrogen-bond donors (Lipinski definition) is 0. The van der Waals surface area contributed by atoms with E-state index in [9.17, 15) is 33.6 Å². The highest BCUT2D eigenvalue weighted by Gasteiger charge is 2.43. The second kappa shape index (κ2) is 29.3. The summed E-state index contributed by atoms with van der Waals surface area (Å²) >= 11 is 0. The van der Waals surface area contributed by atoms with Crippen molar-refractivity contribution < 1.29 is 71.5 Å². The second-order valence-corrected chi connectivity index (χ2v) is 30.2. The molecule has 492 valence electrons. The quantitative estimate of drug-likeness (QED) is 0.0808. The Morgan fingerprint density at radius 2 is 0.742 bits per heavy atom. The zero-order chi connectivity index (χ0) is 66.0. The number of hydrogen-bond acceptors (Lipinski definition) is 15. The van der Waals surface area contributed by atoms with Gasteiger partial charge < -0.3 is 57.5 Å². The Labute approximate surface area is 529 Å². The molecule has 4 amide bonds. The third-order valence-electron chi connectivity index (χ3n) is 15.1. The van der Waals surface area contributed by atoms with Crippen molar-refractivity contribution in [2.24, 2.45) is 35.5 Å². The van der Waals surface area contributed by atoms with Crippen LogP contribution in [0.4, 0.5) is 19.2 Å². The Morgan fingerprint density at radius 3 is 1.10 bits per heavy atom. The van der Waals surface area contributed by atoms with Crippen LogP contribution in [0, 0.1) is 35.5 Å². The van der Waals surface area contributed by atoms with E-state index in [0.717, 1.165) is 22.3 Å². The number of likely N-dealkylation sites (tertiary alicyclic amines) is 3. The predicted octanol–water partition coefficient (Wildman–Crippen LogP) is 13.0. The highest BCUT2D eigenvalue weighted by Crippen LogP contribution is 2.35. The zero-order valence-corrected chi connectivity index (χ0v) is 56.4. The first-order chi connectivity index (χ1) is 41.1. The van der Waals surface area contributed by atoms with Gasteiger partial charge in [-0.25, -0.2) is 19.2 Å². The van der Waals surface area contributed by atoms with E-state index in [4.69, 9.17) is 37.9 Å². The van der Waals surface area contributed by atoms with E-state index in [0.29, 0.717) is 77.1 Å². The molecule has 0 saturated carbocycles. The lowest BCUT2D eigenvalue weighted by Crippen LogP contribution is -2.38. The molecule has 0 bridgehead atoms. The van der Waals surface area contributed by atoms with Crippen molar-refractivity contribution in [3.8, 4) is 11.5 Å². The number of esters is 3. The van der Waals surface area contributed by atoms with Gasteiger partial charge in [0.15, 0.2) is 0 Å². The molecule has 3 aliphatic rings. The van der Waals surface area contributed by atoms with E-state index in [1.165, 1.54) is 0 Å². The molecule has 0 N–H and O–H groups in total. The maximum atomic E-state index is 14.7. The Hall–Kier alpha value is -7.05. The summed E-state index contributed by atoms with van der Waals surface area (Å²) in [5.41, 5.74) is -1.15. The molecule has 3 heterocycles. The average molecular weight is 1240 g/mol. The molecule has 0 unspecified atom stereocenters. The molecule has 3 aromatic carbocycles. The Kier molecular flexibility index (Phi) is 23.4. The number of nitrogens with zero attached hydrogens (tertiary/aromatic N) is 4. The minimum Gasteiger partial charge on any atom is -0.492 e. The van der Waals surface area contributed by atoms with Crippen LogP contribution in [0.15, 0.2) is 72.8 Å². The Morgan fingerprint density at radius 1 is 0.427 bits per heavy atom. The molecule has 19 nitrogen and oxygen atoms in total. The molecule has 6 atom stereocenters. The van der Waals surface area contributed by atoms with Crippen LogP contribution in [0.2, 0.25) is 0 Å². The summed E-state index contributed by atoms with van der Waals surface area (Å²) in [6.07, 6.45) is 0.690. The van der Waals surface area contributed by atoms with Crippen molar-refractivity contribution in [3.63, 3.8) is 0 Å². The van der Waals surface area contributed by atoms with E-state index < -0.39 is 75.7 Å². The number of rotatable bonds is 19. The van der Waals surface area contributed by atoms with Gasteiger partial charge in [0.1, 0.15) is 51.7 Å². The minimum absolute atomic E-state index is 0.0388. The first kappa shape index (κ1) is 71.0. The lowest BCUT2D eigenvalue weighted by molar-refractivity contribution is -0.163. The monoisotopic (exact) mass is 1240 g/mol. The summed E-state index contributed by atoms with van der Waals surface area (Å²) < 4.78 is 47.6. The highest BCUT2D eigenvalue weighted by molar-refractivity contribution is 5.77. The third-order valence-corrected chi connectivity index (χ3v) is 15.1. The van der Waals surface area contributed by atoms with Gasteiger partial charge in [0, 0.05) is 45.8 Å². The summed E-state index contributed by atoms with van der Waals surface area (Å²) in [6.45, 7) is 35.3. The van der Waals surface area contributed by atoms with Crippen molar-refractivity contribution in [2.75, 3.05) is 52.4 Å². The van der Waals surface area contributed by atoms with Crippen LogP contribution in [0.1, 0.15) is 166 Å². The molecule has 0 radical (unpaired) electrons. The summed E-state index contributed by atoms with van der Waals surface area (Å²) in [5.74, 6) is -2.74. The molecule has 0 spiro atoms. The Balaban J connectivity index is 1.25. The van der Waals surface area contributed by atoms with Crippen LogP contribution in [0.3, 0.4) is 0 Å².